The summed E-state index contributed by atoms with van der Waals surface area (Å²) in [5.74, 6) is 2.70. The molecule has 2 rings (SSSR count). The van der Waals surface area contributed by atoms with Gasteiger partial charge < -0.3 is 15.4 Å². The number of hydrogen-bond donors (Lipinski definition) is 2. The molecule has 0 spiro atoms. The van der Waals surface area contributed by atoms with Crippen LogP contribution >= 0.6 is 24.0 Å². The monoisotopic (exact) mass is 431 g/mol. The molecule has 0 saturated heterocycles. The molecule has 0 atom stereocenters. The topological polar surface area (TPSA) is 45.7 Å². The molecule has 0 unspecified atom stereocenters. The van der Waals surface area contributed by atoms with Crippen LogP contribution < -0.4 is 15.4 Å². The van der Waals surface area contributed by atoms with Gasteiger partial charge in [-0.3, -0.25) is 4.99 Å². The lowest BCUT2D eigenvalue weighted by molar-refractivity contribution is 0.242. The van der Waals surface area contributed by atoms with Crippen LogP contribution in [0, 0.1) is 5.92 Å². The van der Waals surface area contributed by atoms with Gasteiger partial charge in [0.2, 0.25) is 0 Å². The molecule has 0 heterocycles. The quantitative estimate of drug-likeness (QED) is 0.376. The summed E-state index contributed by atoms with van der Waals surface area (Å²) in [6, 6.07) is 8.35. The molecule has 0 aromatic heterocycles. The average molecular weight is 431 g/mol. The number of hydrogen-bond acceptors (Lipinski definition) is 2. The molecule has 1 aromatic carbocycles. The van der Waals surface area contributed by atoms with E-state index in [1.165, 1.54) is 18.4 Å². The van der Waals surface area contributed by atoms with Gasteiger partial charge in [0, 0.05) is 19.6 Å². The summed E-state index contributed by atoms with van der Waals surface area (Å²) in [5.41, 5.74) is 1.31. The molecule has 130 valence electrons. The van der Waals surface area contributed by atoms with Crippen molar-refractivity contribution in [3.05, 3.63) is 29.8 Å². The molecular formula is C18H30IN3O. The van der Waals surface area contributed by atoms with Crippen LogP contribution in [-0.4, -0.2) is 31.7 Å². The zero-order chi connectivity index (χ0) is 15.8. The largest absolute Gasteiger partial charge is 0.491 e. The van der Waals surface area contributed by atoms with E-state index >= 15 is 0 Å². The summed E-state index contributed by atoms with van der Waals surface area (Å²) < 4.78 is 5.66. The van der Waals surface area contributed by atoms with Crippen molar-refractivity contribution in [1.82, 2.24) is 10.6 Å². The van der Waals surface area contributed by atoms with E-state index in [9.17, 15) is 0 Å². The van der Waals surface area contributed by atoms with Crippen molar-refractivity contribution in [1.29, 1.82) is 0 Å². The Hall–Kier alpha value is -0.980. The average Bonchev–Trinajstić information content (AvgIpc) is 3.30. The van der Waals surface area contributed by atoms with E-state index in [4.69, 9.17) is 4.74 Å². The molecule has 4 nitrogen and oxygen atoms in total. The predicted molar refractivity (Wildman–Crippen MR) is 108 cm³/mol. The number of benzene rings is 1. The molecule has 23 heavy (non-hydrogen) atoms. The van der Waals surface area contributed by atoms with E-state index in [0.29, 0.717) is 0 Å². The Balaban J connectivity index is 0.00000264. The summed E-state index contributed by atoms with van der Waals surface area (Å²) in [4.78, 5) is 4.63. The standard InChI is InChI=1S/C18H29N3O.HI/c1-4-19-18(21-13-16-5-6-16)20-12-11-15-7-9-17(10-8-15)22-14(2)3;/h7-10,14,16H,4-6,11-13H2,1-3H3,(H2,19,20,21);1H. The maximum absolute atomic E-state index is 5.66. The van der Waals surface area contributed by atoms with E-state index in [0.717, 1.165) is 43.7 Å². The summed E-state index contributed by atoms with van der Waals surface area (Å²) in [6.07, 6.45) is 3.88. The Morgan fingerprint density at radius 1 is 1.22 bits per heavy atom. The van der Waals surface area contributed by atoms with E-state index in [1.54, 1.807) is 0 Å². The van der Waals surface area contributed by atoms with Crippen molar-refractivity contribution >= 4 is 29.9 Å². The minimum atomic E-state index is 0. The van der Waals surface area contributed by atoms with Gasteiger partial charge in [-0.1, -0.05) is 12.1 Å². The highest BCUT2D eigenvalue weighted by Crippen LogP contribution is 2.28. The first-order valence-electron chi connectivity index (χ1n) is 8.45. The molecule has 0 radical (unpaired) electrons. The molecule has 1 aliphatic rings. The lowest BCUT2D eigenvalue weighted by Crippen LogP contribution is -2.38. The maximum Gasteiger partial charge on any atom is 0.191 e. The normalized spacial score (nSPS) is 14.3. The summed E-state index contributed by atoms with van der Waals surface area (Å²) >= 11 is 0. The second-order valence-electron chi connectivity index (χ2n) is 6.15. The number of guanidine groups is 1. The molecule has 1 aliphatic carbocycles. The van der Waals surface area contributed by atoms with Gasteiger partial charge >= 0.3 is 0 Å². The third-order valence-corrected chi connectivity index (χ3v) is 3.55. The molecule has 2 N–H and O–H groups in total. The fourth-order valence-corrected chi connectivity index (χ4v) is 2.19. The second-order valence-corrected chi connectivity index (χ2v) is 6.15. The van der Waals surface area contributed by atoms with E-state index in [-0.39, 0.29) is 30.1 Å². The Labute approximate surface area is 157 Å². The van der Waals surface area contributed by atoms with E-state index < -0.39 is 0 Å². The van der Waals surface area contributed by atoms with Crippen molar-refractivity contribution in [2.75, 3.05) is 19.6 Å². The second kappa shape index (κ2) is 10.7. The molecule has 1 saturated carbocycles. The van der Waals surface area contributed by atoms with Crippen molar-refractivity contribution in [3.8, 4) is 5.75 Å². The van der Waals surface area contributed by atoms with Crippen molar-refractivity contribution < 1.29 is 4.74 Å². The van der Waals surface area contributed by atoms with Crippen molar-refractivity contribution in [2.24, 2.45) is 10.9 Å². The molecule has 1 fully saturated rings. The number of nitrogens with zero attached hydrogens (tertiary/aromatic N) is 1. The van der Waals surface area contributed by atoms with Crippen LogP contribution in [0.4, 0.5) is 0 Å². The van der Waals surface area contributed by atoms with Gasteiger partial charge in [-0.15, -0.1) is 24.0 Å². The van der Waals surface area contributed by atoms with Gasteiger partial charge in [0.25, 0.3) is 0 Å². The van der Waals surface area contributed by atoms with Crippen LogP contribution in [-0.2, 0) is 6.42 Å². The van der Waals surface area contributed by atoms with Crippen LogP contribution in [0.5, 0.6) is 5.75 Å². The van der Waals surface area contributed by atoms with Gasteiger partial charge in [-0.05, 0) is 63.6 Å². The molecule has 0 bridgehead atoms. The minimum absolute atomic E-state index is 0. The fourth-order valence-electron chi connectivity index (χ4n) is 2.19. The molecule has 1 aromatic rings. The molecule has 0 aliphatic heterocycles. The van der Waals surface area contributed by atoms with Gasteiger partial charge in [0.05, 0.1) is 6.10 Å². The van der Waals surface area contributed by atoms with Crippen molar-refractivity contribution in [3.63, 3.8) is 0 Å². The zero-order valence-corrected chi connectivity index (χ0v) is 16.8. The first kappa shape index (κ1) is 20.1. The number of aliphatic imine (C=N–C) groups is 1. The van der Waals surface area contributed by atoms with Gasteiger partial charge in [0.1, 0.15) is 5.75 Å². The highest BCUT2D eigenvalue weighted by Gasteiger charge is 2.20. The number of nitrogens with one attached hydrogen (secondary N) is 2. The fraction of sp³-hybridized carbons (Fsp3) is 0.611. The van der Waals surface area contributed by atoms with E-state index in [1.807, 2.05) is 26.0 Å². The lowest BCUT2D eigenvalue weighted by atomic mass is 10.1. The number of ether oxygens (including phenoxy) is 1. The Kier molecular flexibility index (Phi) is 9.36. The smallest absolute Gasteiger partial charge is 0.191 e. The highest BCUT2D eigenvalue weighted by molar-refractivity contribution is 14.0. The summed E-state index contributed by atoms with van der Waals surface area (Å²) in [6.45, 7) is 8.93. The van der Waals surface area contributed by atoms with Crippen LogP contribution in [0.15, 0.2) is 29.3 Å². The van der Waals surface area contributed by atoms with Gasteiger partial charge in [0.15, 0.2) is 5.96 Å². The van der Waals surface area contributed by atoms with E-state index in [2.05, 4.69) is 34.7 Å². The predicted octanol–water partition coefficient (Wildman–Crippen LogP) is 3.60. The number of halogens is 1. The first-order chi connectivity index (χ1) is 10.7. The Morgan fingerprint density at radius 3 is 2.48 bits per heavy atom. The summed E-state index contributed by atoms with van der Waals surface area (Å²) in [7, 11) is 0. The molecular weight excluding hydrogens is 401 g/mol. The first-order valence-corrected chi connectivity index (χ1v) is 8.45. The SMILES string of the molecule is CCNC(=NCC1CC1)NCCc1ccc(OC(C)C)cc1.I. The Bertz CT molecular complexity index is 470. The van der Waals surface area contributed by atoms with Gasteiger partial charge in [-0.25, -0.2) is 0 Å². The summed E-state index contributed by atoms with van der Waals surface area (Å²) in [5, 5.41) is 6.71. The third-order valence-electron chi connectivity index (χ3n) is 3.55. The molecule has 5 heteroatoms. The molecule has 0 amide bonds. The Morgan fingerprint density at radius 2 is 1.91 bits per heavy atom. The maximum atomic E-state index is 5.66. The van der Waals surface area contributed by atoms with Crippen LogP contribution in [0.3, 0.4) is 0 Å². The van der Waals surface area contributed by atoms with Crippen LogP contribution in [0.1, 0.15) is 39.2 Å². The van der Waals surface area contributed by atoms with Gasteiger partial charge in [-0.2, -0.15) is 0 Å². The zero-order valence-electron chi connectivity index (χ0n) is 14.5. The minimum Gasteiger partial charge on any atom is -0.491 e. The highest BCUT2D eigenvalue weighted by atomic mass is 127. The van der Waals surface area contributed by atoms with Crippen LogP contribution in [0.2, 0.25) is 0 Å². The third kappa shape index (κ3) is 8.44. The lowest BCUT2D eigenvalue weighted by Gasteiger charge is -2.12. The van der Waals surface area contributed by atoms with Crippen molar-refractivity contribution in [2.45, 2.75) is 46.1 Å². The van der Waals surface area contributed by atoms with Crippen LogP contribution in [0.25, 0.3) is 0 Å². The number of rotatable bonds is 8.